The minimum absolute atomic E-state index is 0.0804. The quantitative estimate of drug-likeness (QED) is 0.862. The minimum atomic E-state index is -3.99. The van der Waals surface area contributed by atoms with Crippen LogP contribution in [0.2, 0.25) is 0 Å². The van der Waals surface area contributed by atoms with Gasteiger partial charge in [0.05, 0.1) is 18.4 Å². The van der Waals surface area contributed by atoms with Crippen molar-refractivity contribution in [1.29, 1.82) is 5.26 Å². The molecule has 0 atom stereocenters. The molecule has 1 heterocycles. The summed E-state index contributed by atoms with van der Waals surface area (Å²) in [5, 5.41) is 17.9. The van der Waals surface area contributed by atoms with Crippen LogP contribution in [0.25, 0.3) is 0 Å². The smallest absolute Gasteiger partial charge is 0.337 e. The molecule has 1 aromatic carbocycles. The van der Waals surface area contributed by atoms with Gasteiger partial charge in [0, 0.05) is 6.07 Å². The number of carboxylic acid groups (broad SMARTS) is 1. The van der Waals surface area contributed by atoms with Gasteiger partial charge < -0.3 is 9.84 Å². The fourth-order valence-electron chi connectivity index (χ4n) is 1.64. The molecule has 2 aromatic rings. The fraction of sp³-hybridized carbons (Fsp3) is 0.0769. The second kappa shape index (κ2) is 6.05. The lowest BCUT2D eigenvalue weighted by atomic mass is 10.2. The van der Waals surface area contributed by atoms with Crippen LogP contribution in [0, 0.1) is 11.3 Å². The van der Waals surface area contributed by atoms with Gasteiger partial charge in [0.25, 0.3) is 10.0 Å². The third-order valence-electron chi connectivity index (χ3n) is 2.66. The second-order valence-electron chi connectivity index (χ2n) is 4.05. The van der Waals surface area contributed by atoms with Crippen molar-refractivity contribution in [3.05, 3.63) is 40.8 Å². The summed E-state index contributed by atoms with van der Waals surface area (Å²) in [5.74, 6) is -0.962. The number of rotatable bonds is 5. The van der Waals surface area contributed by atoms with Crippen LogP contribution < -0.4 is 9.46 Å². The Labute approximate surface area is 130 Å². The third-order valence-corrected chi connectivity index (χ3v) is 5.51. The van der Waals surface area contributed by atoms with E-state index in [4.69, 9.17) is 15.1 Å². The Morgan fingerprint density at radius 2 is 2.09 bits per heavy atom. The average molecular weight is 338 g/mol. The van der Waals surface area contributed by atoms with E-state index in [2.05, 4.69) is 4.72 Å². The predicted molar refractivity (Wildman–Crippen MR) is 79.8 cm³/mol. The lowest BCUT2D eigenvalue weighted by Gasteiger charge is -2.11. The Balaban J connectivity index is 2.44. The molecule has 114 valence electrons. The Morgan fingerprint density at radius 3 is 2.64 bits per heavy atom. The Morgan fingerprint density at radius 1 is 1.36 bits per heavy atom. The average Bonchev–Trinajstić information content (AvgIpc) is 2.96. The fourth-order valence-corrected chi connectivity index (χ4v) is 3.81. The van der Waals surface area contributed by atoms with Crippen molar-refractivity contribution in [3.8, 4) is 11.8 Å². The van der Waals surface area contributed by atoms with E-state index in [9.17, 15) is 13.2 Å². The number of nitriles is 1. The van der Waals surface area contributed by atoms with E-state index in [0.717, 1.165) is 11.3 Å². The number of sulfonamides is 1. The predicted octanol–water partition coefficient (Wildman–Crippen LogP) is 2.13. The maximum absolute atomic E-state index is 12.3. The monoisotopic (exact) mass is 338 g/mol. The van der Waals surface area contributed by atoms with E-state index in [1.807, 2.05) is 6.07 Å². The number of nitrogens with one attached hydrogen (secondary N) is 1. The number of aromatic carboxylic acids is 1. The van der Waals surface area contributed by atoms with Crippen LogP contribution in [0.3, 0.4) is 0 Å². The van der Waals surface area contributed by atoms with Gasteiger partial charge in [0.2, 0.25) is 0 Å². The number of hydrogen-bond donors (Lipinski definition) is 2. The summed E-state index contributed by atoms with van der Waals surface area (Å²) in [5.41, 5.74) is -0.319. The van der Waals surface area contributed by atoms with E-state index in [0.29, 0.717) is 5.75 Å². The summed E-state index contributed by atoms with van der Waals surface area (Å²) in [4.78, 5) is 11.4. The van der Waals surface area contributed by atoms with Crippen molar-refractivity contribution >= 4 is 33.0 Å². The molecule has 0 amide bonds. The topological polar surface area (TPSA) is 116 Å². The molecule has 0 radical (unpaired) electrons. The molecule has 0 saturated heterocycles. The molecular weight excluding hydrogens is 328 g/mol. The number of anilines is 1. The van der Waals surface area contributed by atoms with E-state index in [-0.39, 0.29) is 20.3 Å². The van der Waals surface area contributed by atoms with Gasteiger partial charge in [-0.05, 0) is 24.3 Å². The van der Waals surface area contributed by atoms with Crippen molar-refractivity contribution in [2.45, 2.75) is 4.21 Å². The molecule has 2 N–H and O–H groups in total. The van der Waals surface area contributed by atoms with Gasteiger partial charge in [-0.3, -0.25) is 4.72 Å². The number of ether oxygens (including phenoxy) is 1. The van der Waals surface area contributed by atoms with E-state index in [1.165, 1.54) is 37.4 Å². The summed E-state index contributed by atoms with van der Waals surface area (Å²) >= 11 is 0.793. The summed E-state index contributed by atoms with van der Waals surface area (Å²) in [7, 11) is -2.60. The normalized spacial score (nSPS) is 10.7. The highest BCUT2D eigenvalue weighted by atomic mass is 32.2. The number of carbonyl (C=O) groups is 1. The molecule has 0 aliphatic heterocycles. The second-order valence-corrected chi connectivity index (χ2v) is 7.05. The Hall–Kier alpha value is -2.57. The molecule has 7 nitrogen and oxygen atoms in total. The van der Waals surface area contributed by atoms with Crippen molar-refractivity contribution in [2.75, 3.05) is 11.8 Å². The summed E-state index contributed by atoms with van der Waals surface area (Å²) in [6.07, 6.45) is 0. The van der Waals surface area contributed by atoms with Gasteiger partial charge >= 0.3 is 5.97 Å². The molecule has 0 unspecified atom stereocenters. The summed E-state index contributed by atoms with van der Waals surface area (Å²) in [6.45, 7) is 0. The van der Waals surface area contributed by atoms with Crippen LogP contribution in [0.4, 0.5) is 5.69 Å². The summed E-state index contributed by atoms with van der Waals surface area (Å²) in [6, 6.07) is 8.44. The van der Waals surface area contributed by atoms with Crippen LogP contribution in [0.5, 0.6) is 5.75 Å². The van der Waals surface area contributed by atoms with Crippen LogP contribution in [-0.2, 0) is 10.0 Å². The van der Waals surface area contributed by atoms with Gasteiger partial charge in [0.15, 0.2) is 0 Å². The maximum atomic E-state index is 12.3. The number of nitrogens with zero attached hydrogens (tertiary/aromatic N) is 1. The largest absolute Gasteiger partial charge is 0.497 e. The highest BCUT2D eigenvalue weighted by Gasteiger charge is 2.21. The molecule has 0 aliphatic rings. The van der Waals surface area contributed by atoms with Crippen molar-refractivity contribution in [2.24, 2.45) is 0 Å². The number of methoxy groups -OCH3 is 1. The zero-order chi connectivity index (χ0) is 16.3. The van der Waals surface area contributed by atoms with Gasteiger partial charge in [-0.1, -0.05) is 0 Å². The molecule has 2 rings (SSSR count). The number of carboxylic acids is 1. The SMILES string of the molecule is COc1ccc(C(=O)O)c(NS(=O)(=O)c2ccc(C#N)s2)c1. The molecule has 0 spiro atoms. The molecule has 0 fully saturated rings. The molecular formula is C13H10N2O5S2. The number of benzene rings is 1. The van der Waals surface area contributed by atoms with E-state index >= 15 is 0 Å². The minimum Gasteiger partial charge on any atom is -0.497 e. The Kier molecular flexibility index (Phi) is 4.35. The first-order chi connectivity index (χ1) is 10.4. The van der Waals surface area contributed by atoms with Gasteiger partial charge in [0.1, 0.15) is 20.9 Å². The van der Waals surface area contributed by atoms with Crippen LogP contribution in [-0.4, -0.2) is 26.6 Å². The first-order valence-corrected chi connectivity index (χ1v) is 8.11. The van der Waals surface area contributed by atoms with E-state index in [1.54, 1.807) is 0 Å². The molecule has 0 bridgehead atoms. The number of hydrogen-bond acceptors (Lipinski definition) is 6. The molecule has 9 heteroatoms. The number of thiophene rings is 1. The standard InChI is InChI=1S/C13H10N2O5S2/c1-20-8-2-4-10(13(16)17)11(6-8)15-22(18,19)12-5-3-9(7-14)21-12/h2-6,15H,1H3,(H,16,17). The zero-order valence-corrected chi connectivity index (χ0v) is 12.9. The Bertz CT molecular complexity index is 865. The first kappa shape index (κ1) is 15.8. The van der Waals surface area contributed by atoms with Gasteiger partial charge in [-0.25, -0.2) is 13.2 Å². The lowest BCUT2D eigenvalue weighted by Crippen LogP contribution is -2.14. The highest BCUT2D eigenvalue weighted by Crippen LogP contribution is 2.28. The molecule has 0 aliphatic carbocycles. The lowest BCUT2D eigenvalue weighted by molar-refractivity contribution is 0.0698. The van der Waals surface area contributed by atoms with Crippen LogP contribution in [0.1, 0.15) is 15.2 Å². The first-order valence-electron chi connectivity index (χ1n) is 5.81. The van der Waals surface area contributed by atoms with Crippen molar-refractivity contribution in [1.82, 2.24) is 0 Å². The van der Waals surface area contributed by atoms with Crippen molar-refractivity contribution in [3.63, 3.8) is 0 Å². The highest BCUT2D eigenvalue weighted by molar-refractivity contribution is 7.94. The molecule has 1 aromatic heterocycles. The maximum Gasteiger partial charge on any atom is 0.337 e. The van der Waals surface area contributed by atoms with Crippen LogP contribution >= 0.6 is 11.3 Å². The third kappa shape index (κ3) is 3.19. The van der Waals surface area contributed by atoms with Crippen LogP contribution in [0.15, 0.2) is 34.5 Å². The van der Waals surface area contributed by atoms with Gasteiger partial charge in [-0.2, -0.15) is 5.26 Å². The zero-order valence-electron chi connectivity index (χ0n) is 11.2. The molecule has 0 saturated carbocycles. The van der Waals surface area contributed by atoms with Gasteiger partial charge in [-0.15, -0.1) is 11.3 Å². The van der Waals surface area contributed by atoms with Crippen molar-refractivity contribution < 1.29 is 23.1 Å². The summed E-state index contributed by atoms with van der Waals surface area (Å²) < 4.78 is 31.6. The van der Waals surface area contributed by atoms with E-state index < -0.39 is 16.0 Å². The molecule has 22 heavy (non-hydrogen) atoms.